The van der Waals surface area contributed by atoms with Crippen LogP contribution in [0.25, 0.3) is 134 Å². The summed E-state index contributed by atoms with van der Waals surface area (Å²) in [6, 6.07) is 53.7. The first kappa shape index (κ1) is 36.4. The molecule has 13 rings (SSSR count). The van der Waals surface area contributed by atoms with Crippen molar-refractivity contribution in [2.24, 2.45) is 0 Å². The van der Waals surface area contributed by atoms with Crippen molar-refractivity contribution in [2.75, 3.05) is 0 Å². The van der Waals surface area contributed by atoms with Gasteiger partial charge in [-0.1, -0.05) is 140 Å². The highest BCUT2D eigenvalue weighted by atomic mass is 16.3. The number of hydrogen-bond donors (Lipinski definition) is 0. The Morgan fingerprint density at radius 2 is 1.36 bits per heavy atom. The molecule has 0 bridgehead atoms. The van der Waals surface area contributed by atoms with Gasteiger partial charge in [-0.25, -0.2) is 4.98 Å². The van der Waals surface area contributed by atoms with Crippen LogP contribution in [0.2, 0.25) is 0 Å². The number of rotatable bonds is 5. The zero-order chi connectivity index (χ0) is 42.5. The molecule has 5 nitrogen and oxygen atoms in total. The van der Waals surface area contributed by atoms with Crippen molar-refractivity contribution in [3.05, 3.63) is 192 Å². The fourth-order valence-corrected chi connectivity index (χ4v) is 10.4. The van der Waals surface area contributed by atoms with Gasteiger partial charge in [0.25, 0.3) is 0 Å². The third kappa shape index (κ3) is 5.37. The monoisotopic (exact) mass is 821 g/mol. The number of allylic oxidation sites excluding steroid dienone is 2. The Hall–Kier alpha value is -8.28. The Morgan fingerprint density at radius 1 is 0.594 bits per heavy atom. The van der Waals surface area contributed by atoms with E-state index in [-0.39, 0.29) is 0 Å². The minimum Gasteiger partial charge on any atom is -0.456 e. The Kier molecular flexibility index (Phi) is 8.03. The number of benzene rings is 8. The van der Waals surface area contributed by atoms with E-state index in [0.29, 0.717) is 11.5 Å². The summed E-state index contributed by atoms with van der Waals surface area (Å²) in [6.07, 6.45) is 12.9. The first-order valence-corrected chi connectivity index (χ1v) is 21.9. The molecule has 0 N–H and O–H groups in total. The van der Waals surface area contributed by atoms with Crippen LogP contribution < -0.4 is 10.4 Å². The Balaban J connectivity index is 1.06. The van der Waals surface area contributed by atoms with Crippen LogP contribution in [0.3, 0.4) is 0 Å². The van der Waals surface area contributed by atoms with Crippen LogP contribution in [0.4, 0.5) is 0 Å². The first-order chi connectivity index (χ1) is 31.6. The lowest BCUT2D eigenvalue weighted by atomic mass is 9.88. The number of nitrogens with zero attached hydrogens (tertiary/aromatic N) is 3. The molecule has 64 heavy (non-hydrogen) atoms. The van der Waals surface area contributed by atoms with Gasteiger partial charge in [-0.2, -0.15) is 4.98 Å². The van der Waals surface area contributed by atoms with Crippen molar-refractivity contribution >= 4 is 94.8 Å². The third-order valence-corrected chi connectivity index (χ3v) is 13.2. The van der Waals surface area contributed by atoms with Crippen LogP contribution in [-0.4, -0.2) is 14.5 Å². The SMILES string of the molecule is C=C/C=c1/cc(-n2c3ccc(-c4ccc5oc6nc(-c7cccc8oc9ccccc9c78)nc(-c7ccccc7)c6c5c4)cc3c3c4c(c5ccccc5c32)CCC=C4)cc/c1=C/C. The summed E-state index contributed by atoms with van der Waals surface area (Å²) in [5.74, 6) is 0.589. The third-order valence-electron chi connectivity index (χ3n) is 13.2. The summed E-state index contributed by atoms with van der Waals surface area (Å²) in [4.78, 5) is 10.5. The second kappa shape index (κ2) is 14.1. The summed E-state index contributed by atoms with van der Waals surface area (Å²) >= 11 is 0. The van der Waals surface area contributed by atoms with E-state index in [4.69, 9.17) is 18.8 Å². The molecule has 0 atom stereocenters. The molecule has 0 aliphatic heterocycles. The van der Waals surface area contributed by atoms with E-state index in [9.17, 15) is 0 Å². The summed E-state index contributed by atoms with van der Waals surface area (Å²) in [5.41, 5.74) is 14.1. The Bertz CT molecular complexity index is 4110. The zero-order valence-electron chi connectivity index (χ0n) is 35.1. The molecular formula is C59H39N3O2. The maximum atomic E-state index is 6.68. The summed E-state index contributed by atoms with van der Waals surface area (Å²) < 4.78 is 15.4. The molecule has 0 saturated heterocycles. The van der Waals surface area contributed by atoms with E-state index in [1.165, 1.54) is 43.4 Å². The van der Waals surface area contributed by atoms with Crippen LogP contribution in [0.15, 0.2) is 179 Å². The fraction of sp³-hybridized carbons (Fsp3) is 0.0508. The van der Waals surface area contributed by atoms with Crippen LogP contribution in [0.1, 0.15) is 24.5 Å². The van der Waals surface area contributed by atoms with Crippen molar-refractivity contribution in [1.82, 2.24) is 14.5 Å². The molecule has 0 spiro atoms. The van der Waals surface area contributed by atoms with Crippen LogP contribution in [0, 0.1) is 0 Å². The van der Waals surface area contributed by atoms with E-state index in [0.717, 1.165) is 95.5 Å². The number of aromatic nitrogens is 3. The maximum Gasteiger partial charge on any atom is 0.231 e. The van der Waals surface area contributed by atoms with Crippen molar-refractivity contribution in [3.8, 4) is 39.5 Å². The van der Waals surface area contributed by atoms with Gasteiger partial charge < -0.3 is 13.4 Å². The number of para-hydroxylation sites is 1. The van der Waals surface area contributed by atoms with Gasteiger partial charge in [0.2, 0.25) is 5.71 Å². The van der Waals surface area contributed by atoms with Gasteiger partial charge in [0.05, 0.1) is 22.1 Å². The van der Waals surface area contributed by atoms with Gasteiger partial charge in [0.15, 0.2) is 5.82 Å². The van der Waals surface area contributed by atoms with Crippen molar-refractivity contribution in [3.63, 3.8) is 0 Å². The largest absolute Gasteiger partial charge is 0.456 e. The minimum absolute atomic E-state index is 0.546. The normalized spacial score (nSPS) is 13.5. The lowest BCUT2D eigenvalue weighted by Gasteiger charge is -2.17. The quantitative estimate of drug-likeness (QED) is 0.173. The average molecular weight is 822 g/mol. The molecule has 0 saturated carbocycles. The molecule has 0 radical (unpaired) electrons. The predicted octanol–water partition coefficient (Wildman–Crippen LogP) is 14.3. The van der Waals surface area contributed by atoms with Gasteiger partial charge in [-0.3, -0.25) is 0 Å². The van der Waals surface area contributed by atoms with Gasteiger partial charge in [-0.15, -0.1) is 0 Å². The van der Waals surface area contributed by atoms with Gasteiger partial charge in [0.1, 0.15) is 16.7 Å². The highest BCUT2D eigenvalue weighted by Gasteiger charge is 2.24. The molecule has 5 heteroatoms. The lowest BCUT2D eigenvalue weighted by Crippen LogP contribution is -2.24. The van der Waals surface area contributed by atoms with E-state index in [2.05, 4.69) is 158 Å². The van der Waals surface area contributed by atoms with Crippen LogP contribution >= 0.6 is 0 Å². The topological polar surface area (TPSA) is 57.0 Å². The van der Waals surface area contributed by atoms with Crippen molar-refractivity contribution in [2.45, 2.75) is 19.8 Å². The summed E-state index contributed by atoms with van der Waals surface area (Å²) in [5, 5.41) is 11.3. The highest BCUT2D eigenvalue weighted by Crippen LogP contribution is 2.45. The second-order valence-electron chi connectivity index (χ2n) is 16.7. The molecule has 4 aromatic heterocycles. The first-order valence-electron chi connectivity index (χ1n) is 21.9. The standard InChI is InChI=1S/C59H39N3O2/c1-3-15-37-32-40(29-26-35(37)4-2)62-49-30-27-38(33-47(49)54-43-20-10-8-18-41(43)42-19-9-11-21-44(42)57(54)62)39-28-31-51-48(34-39)55-56(36-16-6-5-7-17-36)60-58(61-59(55)64-51)46-23-14-25-52-53(46)45-22-12-13-24-50(45)63-52/h3-7,9-17,19-34H,1,8,18H2,2H3/b35-4-,37-15-. The highest BCUT2D eigenvalue weighted by molar-refractivity contribution is 6.23. The molecule has 4 heterocycles. The maximum absolute atomic E-state index is 6.68. The van der Waals surface area contributed by atoms with Crippen LogP contribution in [0.5, 0.6) is 0 Å². The molecule has 1 aliphatic carbocycles. The number of furan rings is 2. The molecule has 0 unspecified atom stereocenters. The molecular weight excluding hydrogens is 783 g/mol. The lowest BCUT2D eigenvalue weighted by molar-refractivity contribution is 0.653. The minimum atomic E-state index is 0.546. The smallest absolute Gasteiger partial charge is 0.231 e. The molecule has 302 valence electrons. The predicted molar refractivity (Wildman–Crippen MR) is 266 cm³/mol. The van der Waals surface area contributed by atoms with Gasteiger partial charge >= 0.3 is 0 Å². The molecule has 0 amide bonds. The Morgan fingerprint density at radius 3 is 2.22 bits per heavy atom. The molecule has 12 aromatic rings. The number of fused-ring (bicyclic) bond motifs is 14. The molecule has 1 aliphatic rings. The van der Waals surface area contributed by atoms with Gasteiger partial charge in [-0.05, 0) is 106 Å². The average Bonchev–Trinajstić information content (AvgIpc) is 4.03. The van der Waals surface area contributed by atoms with E-state index >= 15 is 0 Å². The molecule has 8 aromatic carbocycles. The van der Waals surface area contributed by atoms with Crippen molar-refractivity contribution in [1.29, 1.82) is 0 Å². The Labute approximate surface area is 367 Å². The number of aryl methyl sites for hydroxylation is 1. The van der Waals surface area contributed by atoms with Crippen molar-refractivity contribution < 1.29 is 8.83 Å². The molecule has 0 fully saturated rings. The van der Waals surface area contributed by atoms with Crippen LogP contribution in [-0.2, 0) is 6.42 Å². The van der Waals surface area contributed by atoms with E-state index in [1.807, 2.05) is 42.5 Å². The number of hydrogen-bond acceptors (Lipinski definition) is 4. The fourth-order valence-electron chi connectivity index (χ4n) is 10.4. The van der Waals surface area contributed by atoms with E-state index in [1.54, 1.807) is 0 Å². The second-order valence-corrected chi connectivity index (χ2v) is 16.7. The zero-order valence-corrected chi connectivity index (χ0v) is 35.1. The van der Waals surface area contributed by atoms with E-state index < -0.39 is 0 Å². The van der Waals surface area contributed by atoms with Gasteiger partial charge in [0, 0.05) is 49.1 Å². The summed E-state index contributed by atoms with van der Waals surface area (Å²) in [6.45, 7) is 6.13. The summed E-state index contributed by atoms with van der Waals surface area (Å²) in [7, 11) is 0.